The fraction of sp³-hybridized carbons (Fsp3) is 0.588. The van der Waals surface area contributed by atoms with Gasteiger partial charge < -0.3 is 10.5 Å². The maximum absolute atomic E-state index is 11.8. The van der Waals surface area contributed by atoms with Gasteiger partial charge in [0.15, 0.2) is 0 Å². The van der Waals surface area contributed by atoms with Crippen LogP contribution in [-0.2, 0) is 4.74 Å². The Morgan fingerprint density at radius 3 is 2.57 bits per heavy atom. The van der Waals surface area contributed by atoms with Crippen LogP contribution in [0, 0.1) is 11.3 Å². The lowest BCUT2D eigenvalue weighted by molar-refractivity contribution is 0.0636. The number of anilines is 1. The lowest BCUT2D eigenvalue weighted by Gasteiger charge is -2.19. The standard InChI is InChI=1S/C17H26N2O2/c1-16(2,3)21-15(20)19-12-8-6-7-11(9-12)14-13(10-18)17(14,4)5/h6-9,13-14H,10,18H2,1-5H3,(H,19,20). The number of ether oxygens (including phenoxy) is 1. The summed E-state index contributed by atoms with van der Waals surface area (Å²) >= 11 is 0. The molecule has 0 aliphatic heterocycles. The van der Waals surface area contributed by atoms with E-state index in [9.17, 15) is 4.79 Å². The Kier molecular flexibility index (Phi) is 4.02. The molecule has 0 bridgehead atoms. The third-order valence-electron chi connectivity index (χ3n) is 4.20. The zero-order valence-electron chi connectivity index (χ0n) is 13.6. The lowest BCUT2D eigenvalue weighted by Crippen LogP contribution is -2.27. The molecule has 21 heavy (non-hydrogen) atoms. The first-order valence-corrected chi connectivity index (χ1v) is 7.45. The molecule has 0 heterocycles. The zero-order valence-corrected chi connectivity index (χ0v) is 13.6. The molecule has 1 aliphatic carbocycles. The summed E-state index contributed by atoms with van der Waals surface area (Å²) in [5.41, 5.74) is 7.57. The Morgan fingerprint density at radius 1 is 1.38 bits per heavy atom. The van der Waals surface area contributed by atoms with Crippen LogP contribution in [-0.4, -0.2) is 18.2 Å². The minimum atomic E-state index is -0.495. The number of rotatable bonds is 3. The van der Waals surface area contributed by atoms with Crippen LogP contribution in [0.3, 0.4) is 0 Å². The molecule has 3 N–H and O–H groups in total. The van der Waals surface area contributed by atoms with E-state index in [1.807, 2.05) is 39.0 Å². The molecule has 116 valence electrons. The van der Waals surface area contributed by atoms with Gasteiger partial charge in [0.2, 0.25) is 0 Å². The molecule has 0 radical (unpaired) electrons. The Morgan fingerprint density at radius 2 is 2.05 bits per heavy atom. The number of hydrogen-bond donors (Lipinski definition) is 2. The maximum Gasteiger partial charge on any atom is 0.412 e. The van der Waals surface area contributed by atoms with Crippen molar-refractivity contribution in [3.05, 3.63) is 29.8 Å². The van der Waals surface area contributed by atoms with Crippen molar-refractivity contribution in [2.75, 3.05) is 11.9 Å². The Bertz CT molecular complexity index is 532. The molecule has 4 nitrogen and oxygen atoms in total. The predicted molar refractivity (Wildman–Crippen MR) is 85.4 cm³/mol. The van der Waals surface area contributed by atoms with Gasteiger partial charge in [-0.3, -0.25) is 5.32 Å². The van der Waals surface area contributed by atoms with Crippen LogP contribution in [0.4, 0.5) is 10.5 Å². The summed E-state index contributed by atoms with van der Waals surface area (Å²) in [5, 5.41) is 2.79. The minimum Gasteiger partial charge on any atom is -0.444 e. The smallest absolute Gasteiger partial charge is 0.412 e. The number of nitrogens with two attached hydrogens (primary N) is 1. The van der Waals surface area contributed by atoms with Crippen molar-refractivity contribution in [3.8, 4) is 0 Å². The van der Waals surface area contributed by atoms with E-state index in [0.29, 0.717) is 18.4 Å². The summed E-state index contributed by atoms with van der Waals surface area (Å²) in [4.78, 5) is 11.8. The predicted octanol–water partition coefficient (Wildman–Crippen LogP) is 3.73. The fourth-order valence-corrected chi connectivity index (χ4v) is 3.08. The number of carbonyl (C=O) groups excluding carboxylic acids is 1. The van der Waals surface area contributed by atoms with E-state index in [0.717, 1.165) is 5.69 Å². The second-order valence-corrected chi connectivity index (χ2v) is 7.39. The average Bonchev–Trinajstić information content (AvgIpc) is 2.88. The van der Waals surface area contributed by atoms with E-state index in [4.69, 9.17) is 10.5 Å². The van der Waals surface area contributed by atoms with Gasteiger partial charge in [0.05, 0.1) is 0 Å². The van der Waals surface area contributed by atoms with Crippen molar-refractivity contribution in [2.45, 2.75) is 46.1 Å². The minimum absolute atomic E-state index is 0.235. The van der Waals surface area contributed by atoms with Crippen LogP contribution >= 0.6 is 0 Å². The molecule has 2 rings (SSSR count). The number of benzene rings is 1. The van der Waals surface area contributed by atoms with Crippen molar-refractivity contribution in [2.24, 2.45) is 17.1 Å². The van der Waals surface area contributed by atoms with Gasteiger partial charge in [0, 0.05) is 5.69 Å². The molecule has 0 aromatic heterocycles. The molecule has 0 spiro atoms. The lowest BCUT2D eigenvalue weighted by atomic mass is 10.0. The third kappa shape index (κ3) is 3.56. The molecule has 4 heteroatoms. The highest BCUT2D eigenvalue weighted by molar-refractivity contribution is 5.85. The Hall–Kier alpha value is -1.55. The van der Waals surface area contributed by atoms with E-state index in [1.165, 1.54) is 5.56 Å². The molecular formula is C17H26N2O2. The number of nitrogens with one attached hydrogen (secondary N) is 1. The van der Waals surface area contributed by atoms with Gasteiger partial charge in [-0.15, -0.1) is 0 Å². The highest BCUT2D eigenvalue weighted by Gasteiger charge is 2.57. The van der Waals surface area contributed by atoms with Gasteiger partial charge in [-0.05, 0) is 62.3 Å². The topological polar surface area (TPSA) is 64.3 Å². The number of amides is 1. The van der Waals surface area contributed by atoms with Crippen LogP contribution in [0.2, 0.25) is 0 Å². The molecule has 2 atom stereocenters. The first-order valence-electron chi connectivity index (χ1n) is 7.45. The van der Waals surface area contributed by atoms with E-state index in [2.05, 4.69) is 25.2 Å². The van der Waals surface area contributed by atoms with Crippen LogP contribution < -0.4 is 11.1 Å². The number of carbonyl (C=O) groups is 1. The van der Waals surface area contributed by atoms with E-state index < -0.39 is 11.7 Å². The summed E-state index contributed by atoms with van der Waals surface area (Å²) in [7, 11) is 0. The van der Waals surface area contributed by atoms with E-state index >= 15 is 0 Å². The summed E-state index contributed by atoms with van der Waals surface area (Å²) < 4.78 is 5.27. The van der Waals surface area contributed by atoms with Crippen molar-refractivity contribution >= 4 is 11.8 Å². The normalized spacial score (nSPS) is 23.5. The van der Waals surface area contributed by atoms with Gasteiger partial charge in [-0.2, -0.15) is 0 Å². The van der Waals surface area contributed by atoms with E-state index in [1.54, 1.807) is 0 Å². The molecule has 1 aliphatic rings. The highest BCUT2D eigenvalue weighted by atomic mass is 16.6. The third-order valence-corrected chi connectivity index (χ3v) is 4.20. The van der Waals surface area contributed by atoms with Gasteiger partial charge in [0.25, 0.3) is 0 Å². The number of hydrogen-bond acceptors (Lipinski definition) is 3. The summed E-state index contributed by atoms with van der Waals surface area (Å²) in [6.07, 6.45) is -0.426. The van der Waals surface area contributed by atoms with Gasteiger partial charge in [0.1, 0.15) is 5.60 Å². The maximum atomic E-state index is 11.8. The quantitative estimate of drug-likeness (QED) is 0.891. The van der Waals surface area contributed by atoms with Crippen molar-refractivity contribution in [1.29, 1.82) is 0 Å². The van der Waals surface area contributed by atoms with Crippen LogP contribution in [0.1, 0.15) is 46.1 Å². The van der Waals surface area contributed by atoms with Crippen molar-refractivity contribution < 1.29 is 9.53 Å². The van der Waals surface area contributed by atoms with Crippen LogP contribution in [0.15, 0.2) is 24.3 Å². The highest BCUT2D eigenvalue weighted by Crippen LogP contribution is 2.63. The summed E-state index contributed by atoms with van der Waals surface area (Å²) in [6.45, 7) is 10.7. The SMILES string of the molecule is CC(C)(C)OC(=O)Nc1cccc(C2C(CN)C2(C)C)c1. The second-order valence-electron chi connectivity index (χ2n) is 7.39. The van der Waals surface area contributed by atoms with Gasteiger partial charge in [-0.25, -0.2) is 4.79 Å². The molecule has 1 aromatic rings. The first-order chi connectivity index (χ1) is 9.65. The average molecular weight is 290 g/mol. The van der Waals surface area contributed by atoms with Gasteiger partial charge >= 0.3 is 6.09 Å². The largest absolute Gasteiger partial charge is 0.444 e. The first kappa shape index (κ1) is 15.8. The molecule has 1 aromatic carbocycles. The molecule has 0 saturated heterocycles. The Labute approximate surface area is 127 Å². The second kappa shape index (κ2) is 5.34. The van der Waals surface area contributed by atoms with Crippen LogP contribution in [0.5, 0.6) is 0 Å². The fourth-order valence-electron chi connectivity index (χ4n) is 3.08. The van der Waals surface area contributed by atoms with E-state index in [-0.39, 0.29) is 5.41 Å². The Balaban J connectivity index is 2.08. The zero-order chi connectivity index (χ0) is 15.8. The molecule has 2 unspecified atom stereocenters. The molecule has 1 saturated carbocycles. The molecule has 1 fully saturated rings. The van der Waals surface area contributed by atoms with Crippen LogP contribution in [0.25, 0.3) is 0 Å². The molecule has 1 amide bonds. The van der Waals surface area contributed by atoms with Gasteiger partial charge in [-0.1, -0.05) is 26.0 Å². The monoisotopic (exact) mass is 290 g/mol. The van der Waals surface area contributed by atoms with Crippen molar-refractivity contribution in [1.82, 2.24) is 0 Å². The summed E-state index contributed by atoms with van der Waals surface area (Å²) in [5.74, 6) is 0.970. The molecular weight excluding hydrogens is 264 g/mol. The summed E-state index contributed by atoms with van der Waals surface area (Å²) in [6, 6.07) is 7.96. The van der Waals surface area contributed by atoms with Crippen molar-refractivity contribution in [3.63, 3.8) is 0 Å².